The smallest absolute Gasteiger partial charge is 0.401 e. The summed E-state index contributed by atoms with van der Waals surface area (Å²) in [5.41, 5.74) is 4.07. The van der Waals surface area contributed by atoms with Crippen molar-refractivity contribution in [1.29, 1.82) is 0 Å². The molecule has 13 heteroatoms. The highest BCUT2D eigenvalue weighted by Crippen LogP contribution is 2.50. The van der Waals surface area contributed by atoms with Crippen molar-refractivity contribution in [2.24, 2.45) is 5.73 Å². The molecule has 0 spiro atoms. The number of fused-ring (bicyclic) bond motifs is 3. The Bertz CT molecular complexity index is 1230. The van der Waals surface area contributed by atoms with Gasteiger partial charge in [0.1, 0.15) is 12.0 Å². The molecule has 2 amide bonds. The predicted molar refractivity (Wildman–Crippen MR) is 116 cm³/mol. The van der Waals surface area contributed by atoms with Crippen LogP contribution in [-0.4, -0.2) is 51.0 Å². The molecule has 1 unspecified atom stereocenters. The molecule has 0 saturated heterocycles. The summed E-state index contributed by atoms with van der Waals surface area (Å²) in [6.45, 7) is 4.03. The number of nitrogens with two attached hydrogens (primary N) is 1. The standard InChI is InChI=1S/C20H21ClF3N7O2/c1-10(25)8-33-16-5-12(4-11(2)27-16)28-18(32)30-9-19(3,20(22,23)24)17-13(30)7-26-15-6-14(21)29-31(15)17/h4-7,10H,8-9,25H2,1-3H3,(H,27,28,32)/t10?,19-/m0/s1. The molecule has 33 heavy (non-hydrogen) atoms. The number of pyridine rings is 1. The molecule has 3 aromatic rings. The first-order valence-corrected chi connectivity index (χ1v) is 10.3. The van der Waals surface area contributed by atoms with Crippen molar-refractivity contribution in [3.63, 3.8) is 0 Å². The molecule has 3 N–H and O–H groups in total. The van der Waals surface area contributed by atoms with Crippen molar-refractivity contribution in [2.45, 2.75) is 38.4 Å². The highest BCUT2D eigenvalue weighted by atomic mass is 35.5. The average molecular weight is 484 g/mol. The lowest BCUT2D eigenvalue weighted by Gasteiger charge is -2.28. The van der Waals surface area contributed by atoms with Gasteiger partial charge in [0.2, 0.25) is 5.88 Å². The number of carbonyl (C=O) groups excluding carboxylic acids is 1. The van der Waals surface area contributed by atoms with Crippen LogP contribution in [0, 0.1) is 6.92 Å². The lowest BCUT2D eigenvalue weighted by atomic mass is 9.88. The molecule has 0 fully saturated rings. The molecule has 0 aliphatic carbocycles. The zero-order valence-corrected chi connectivity index (χ0v) is 18.7. The first-order chi connectivity index (χ1) is 15.4. The molecule has 2 atom stereocenters. The molecule has 3 aromatic heterocycles. The van der Waals surface area contributed by atoms with Crippen LogP contribution in [-0.2, 0) is 5.41 Å². The van der Waals surface area contributed by atoms with E-state index in [9.17, 15) is 18.0 Å². The van der Waals surface area contributed by atoms with Gasteiger partial charge in [-0.1, -0.05) is 11.6 Å². The second kappa shape index (κ2) is 8.03. The van der Waals surface area contributed by atoms with E-state index in [4.69, 9.17) is 22.1 Å². The van der Waals surface area contributed by atoms with E-state index in [1.54, 1.807) is 19.9 Å². The van der Waals surface area contributed by atoms with Crippen molar-refractivity contribution in [3.05, 3.63) is 40.9 Å². The maximum atomic E-state index is 14.2. The van der Waals surface area contributed by atoms with Gasteiger partial charge in [-0.05, 0) is 26.8 Å². The summed E-state index contributed by atoms with van der Waals surface area (Å²) < 4.78 is 49.1. The Balaban J connectivity index is 1.70. The zero-order valence-electron chi connectivity index (χ0n) is 17.9. The minimum Gasteiger partial charge on any atom is -0.476 e. The fourth-order valence-electron chi connectivity index (χ4n) is 3.68. The third kappa shape index (κ3) is 4.15. The number of aromatic nitrogens is 4. The van der Waals surface area contributed by atoms with Gasteiger partial charge in [-0.25, -0.2) is 19.3 Å². The topological polar surface area (TPSA) is 111 Å². The first-order valence-electron chi connectivity index (χ1n) is 9.96. The lowest BCUT2D eigenvalue weighted by molar-refractivity contribution is -0.181. The van der Waals surface area contributed by atoms with Crippen molar-refractivity contribution in [2.75, 3.05) is 23.4 Å². The monoisotopic (exact) mass is 483 g/mol. The van der Waals surface area contributed by atoms with Crippen molar-refractivity contribution < 1.29 is 22.7 Å². The SMILES string of the molecule is Cc1cc(NC(=O)N2C[C@](C)(C(F)(F)F)c3c2cnc2cc(Cl)nn32)cc(OCC(C)N)n1. The van der Waals surface area contributed by atoms with Gasteiger partial charge >= 0.3 is 12.2 Å². The normalized spacial score (nSPS) is 19.0. The average Bonchev–Trinajstić information content (AvgIpc) is 3.23. The van der Waals surface area contributed by atoms with Gasteiger partial charge in [0, 0.05) is 36.1 Å². The van der Waals surface area contributed by atoms with E-state index in [-0.39, 0.29) is 40.7 Å². The number of halogens is 4. The van der Waals surface area contributed by atoms with Crippen LogP contribution in [0.5, 0.6) is 5.88 Å². The fraction of sp³-hybridized carbons (Fsp3) is 0.400. The molecule has 0 radical (unpaired) electrons. The quantitative estimate of drug-likeness (QED) is 0.585. The molecule has 4 heterocycles. The van der Waals surface area contributed by atoms with Crippen LogP contribution in [0.15, 0.2) is 24.4 Å². The molecule has 4 rings (SSSR count). The predicted octanol–water partition coefficient (Wildman–Crippen LogP) is 3.68. The Morgan fingerprint density at radius 2 is 2.12 bits per heavy atom. The molecular weight excluding hydrogens is 463 g/mol. The number of amides is 2. The molecule has 1 aliphatic heterocycles. The minimum atomic E-state index is -4.67. The highest BCUT2D eigenvalue weighted by Gasteiger charge is 2.60. The zero-order chi connectivity index (χ0) is 24.1. The summed E-state index contributed by atoms with van der Waals surface area (Å²) in [4.78, 5) is 22.4. The van der Waals surface area contributed by atoms with Gasteiger partial charge in [-0.2, -0.15) is 18.3 Å². The number of ether oxygens (including phenoxy) is 1. The number of nitrogens with zero attached hydrogens (tertiary/aromatic N) is 5. The van der Waals surface area contributed by atoms with Crippen LogP contribution < -0.4 is 20.7 Å². The maximum Gasteiger partial charge on any atom is 0.401 e. The van der Waals surface area contributed by atoms with E-state index in [0.717, 1.165) is 16.3 Å². The van der Waals surface area contributed by atoms with Gasteiger partial charge in [0.05, 0.1) is 17.6 Å². The van der Waals surface area contributed by atoms with E-state index in [1.165, 1.54) is 18.3 Å². The van der Waals surface area contributed by atoms with Crippen LogP contribution in [0.3, 0.4) is 0 Å². The van der Waals surface area contributed by atoms with Crippen molar-refractivity contribution >= 4 is 34.7 Å². The van der Waals surface area contributed by atoms with Gasteiger partial charge in [0.15, 0.2) is 10.8 Å². The van der Waals surface area contributed by atoms with Gasteiger partial charge < -0.3 is 15.8 Å². The number of carbonyl (C=O) groups is 1. The Labute approximate surface area is 191 Å². The molecule has 176 valence electrons. The highest BCUT2D eigenvalue weighted by molar-refractivity contribution is 6.29. The number of hydrogen-bond acceptors (Lipinski definition) is 6. The number of urea groups is 1. The molecule has 0 saturated carbocycles. The van der Waals surface area contributed by atoms with Crippen molar-refractivity contribution in [3.8, 4) is 5.88 Å². The van der Waals surface area contributed by atoms with Crippen molar-refractivity contribution in [1.82, 2.24) is 19.6 Å². The molecule has 0 bridgehead atoms. The van der Waals surface area contributed by atoms with Crippen LogP contribution in [0.25, 0.3) is 5.65 Å². The maximum absolute atomic E-state index is 14.2. The van der Waals surface area contributed by atoms with Gasteiger partial charge in [-0.15, -0.1) is 0 Å². The first kappa shape index (κ1) is 23.1. The van der Waals surface area contributed by atoms with Crippen LogP contribution in [0.4, 0.5) is 29.3 Å². The summed E-state index contributed by atoms with van der Waals surface area (Å²) in [7, 11) is 0. The Hall–Kier alpha value is -3.12. The number of rotatable bonds is 4. The van der Waals surface area contributed by atoms with E-state index in [2.05, 4.69) is 20.4 Å². The largest absolute Gasteiger partial charge is 0.476 e. The minimum absolute atomic E-state index is 0.00471. The number of hydrogen-bond donors (Lipinski definition) is 2. The van der Waals surface area contributed by atoms with Crippen LogP contribution in [0.1, 0.15) is 25.2 Å². The summed E-state index contributed by atoms with van der Waals surface area (Å²) in [6, 6.07) is 3.40. The molecular formula is C20H21ClF3N7O2. The van der Waals surface area contributed by atoms with E-state index in [0.29, 0.717) is 11.4 Å². The Kier molecular flexibility index (Phi) is 5.61. The Morgan fingerprint density at radius 1 is 1.39 bits per heavy atom. The summed E-state index contributed by atoms with van der Waals surface area (Å²) in [5, 5.41) is 6.57. The summed E-state index contributed by atoms with van der Waals surface area (Å²) in [5.74, 6) is 0.235. The summed E-state index contributed by atoms with van der Waals surface area (Å²) in [6.07, 6.45) is -3.45. The van der Waals surface area contributed by atoms with E-state index >= 15 is 0 Å². The second-order valence-electron chi connectivity index (χ2n) is 8.20. The number of anilines is 2. The van der Waals surface area contributed by atoms with Gasteiger partial charge in [0.25, 0.3) is 0 Å². The van der Waals surface area contributed by atoms with Crippen LogP contribution in [0.2, 0.25) is 5.15 Å². The number of aryl methyl sites for hydroxylation is 1. The van der Waals surface area contributed by atoms with Crippen LogP contribution >= 0.6 is 11.6 Å². The van der Waals surface area contributed by atoms with E-state index < -0.39 is 24.2 Å². The number of nitrogens with one attached hydrogen (secondary N) is 1. The third-order valence-electron chi connectivity index (χ3n) is 5.27. The molecule has 0 aromatic carbocycles. The number of alkyl halides is 3. The molecule has 9 nitrogen and oxygen atoms in total. The molecule has 1 aliphatic rings. The summed E-state index contributed by atoms with van der Waals surface area (Å²) >= 11 is 5.90. The Morgan fingerprint density at radius 3 is 2.79 bits per heavy atom. The third-order valence-corrected chi connectivity index (χ3v) is 5.45. The van der Waals surface area contributed by atoms with Gasteiger partial charge in [-0.3, -0.25) is 4.90 Å². The van der Waals surface area contributed by atoms with E-state index in [1.807, 2.05) is 0 Å². The lowest BCUT2D eigenvalue weighted by Crippen LogP contribution is -2.46. The second-order valence-corrected chi connectivity index (χ2v) is 8.59. The fourth-order valence-corrected chi connectivity index (χ4v) is 3.86.